The summed E-state index contributed by atoms with van der Waals surface area (Å²) >= 11 is 0. The number of hydrogen-bond donors (Lipinski definition) is 0. The third kappa shape index (κ3) is 2.34. The second kappa shape index (κ2) is 3.96. The van der Waals surface area contributed by atoms with E-state index in [2.05, 4.69) is 10.0 Å². The van der Waals surface area contributed by atoms with E-state index in [1.165, 1.54) is 12.8 Å². The van der Waals surface area contributed by atoms with Crippen molar-refractivity contribution in [1.82, 2.24) is 0 Å². The summed E-state index contributed by atoms with van der Waals surface area (Å²) in [5.41, 5.74) is 8.28. The van der Waals surface area contributed by atoms with Gasteiger partial charge in [-0.25, -0.2) is 0 Å². The molecule has 2 atom stereocenters. The summed E-state index contributed by atoms with van der Waals surface area (Å²) in [7, 11) is 0. The number of ether oxygens (including phenoxy) is 2. The van der Waals surface area contributed by atoms with Crippen molar-refractivity contribution >= 4 is 0 Å². The van der Waals surface area contributed by atoms with E-state index in [-0.39, 0.29) is 12.1 Å². The minimum Gasteiger partial charge on any atom is -0.378 e. The lowest BCUT2D eigenvalue weighted by atomic mass is 10.2. The van der Waals surface area contributed by atoms with Crippen molar-refractivity contribution in [2.24, 2.45) is 11.0 Å². The maximum absolute atomic E-state index is 8.28. The molecule has 1 heterocycles. The van der Waals surface area contributed by atoms with Gasteiger partial charge >= 0.3 is 0 Å². The van der Waals surface area contributed by atoms with Crippen molar-refractivity contribution in [3.8, 4) is 0 Å². The standard InChI is InChI=1S/C8H13N3O2/c9-11-10-7-4-12-5-8(7)13-3-6-1-2-6/h6-8H,1-5H2/t7?,8-/m0/s1. The average Bonchev–Trinajstić information content (AvgIpc) is 2.86. The van der Waals surface area contributed by atoms with Gasteiger partial charge in [0.1, 0.15) is 0 Å². The predicted molar refractivity (Wildman–Crippen MR) is 46.2 cm³/mol. The molecule has 0 radical (unpaired) electrons. The van der Waals surface area contributed by atoms with Crippen LogP contribution in [0.2, 0.25) is 0 Å². The molecule has 2 aliphatic rings. The lowest BCUT2D eigenvalue weighted by Crippen LogP contribution is -2.26. The van der Waals surface area contributed by atoms with Crippen molar-refractivity contribution in [3.05, 3.63) is 10.4 Å². The zero-order chi connectivity index (χ0) is 9.10. The molecule has 0 bridgehead atoms. The van der Waals surface area contributed by atoms with Crippen LogP contribution in [0.1, 0.15) is 12.8 Å². The molecule has 0 spiro atoms. The van der Waals surface area contributed by atoms with Crippen LogP contribution in [0.4, 0.5) is 0 Å². The number of azide groups is 1. The molecule has 2 rings (SSSR count). The van der Waals surface area contributed by atoms with Gasteiger partial charge in [-0.05, 0) is 24.3 Å². The SMILES string of the molecule is [N-]=[N+]=NC1COC[C@@H]1OCC1CC1. The second-order valence-corrected chi connectivity index (χ2v) is 3.62. The Bertz CT molecular complexity index is 223. The van der Waals surface area contributed by atoms with Gasteiger partial charge in [-0.3, -0.25) is 0 Å². The van der Waals surface area contributed by atoms with Crippen LogP contribution in [-0.2, 0) is 9.47 Å². The summed E-state index contributed by atoms with van der Waals surface area (Å²) in [4.78, 5) is 2.78. The second-order valence-electron chi connectivity index (χ2n) is 3.62. The molecule has 0 aromatic carbocycles. The maximum atomic E-state index is 8.28. The summed E-state index contributed by atoms with van der Waals surface area (Å²) in [6.07, 6.45) is 2.54. The van der Waals surface area contributed by atoms with Crippen LogP contribution in [-0.4, -0.2) is 32.0 Å². The number of rotatable bonds is 4. The normalized spacial score (nSPS) is 32.9. The van der Waals surface area contributed by atoms with Crippen molar-refractivity contribution < 1.29 is 9.47 Å². The quantitative estimate of drug-likeness (QED) is 0.376. The van der Waals surface area contributed by atoms with Crippen LogP contribution in [0, 0.1) is 5.92 Å². The van der Waals surface area contributed by atoms with Gasteiger partial charge in [-0.2, -0.15) is 0 Å². The van der Waals surface area contributed by atoms with Crippen LogP contribution in [0.25, 0.3) is 10.4 Å². The first-order valence-corrected chi connectivity index (χ1v) is 4.63. The van der Waals surface area contributed by atoms with Crippen molar-refractivity contribution in [2.75, 3.05) is 19.8 Å². The molecule has 2 fully saturated rings. The maximum Gasteiger partial charge on any atom is 0.0915 e. The summed E-state index contributed by atoms with van der Waals surface area (Å²) in [5, 5.41) is 3.63. The minimum absolute atomic E-state index is 0.0171. The van der Waals surface area contributed by atoms with E-state index in [4.69, 9.17) is 15.0 Å². The number of hydrogen-bond acceptors (Lipinski definition) is 3. The highest BCUT2D eigenvalue weighted by atomic mass is 16.5. The number of nitrogens with zero attached hydrogens (tertiary/aromatic N) is 3. The largest absolute Gasteiger partial charge is 0.378 e. The molecular formula is C8H13N3O2. The van der Waals surface area contributed by atoms with E-state index >= 15 is 0 Å². The fourth-order valence-corrected chi connectivity index (χ4v) is 1.40. The summed E-state index contributed by atoms with van der Waals surface area (Å²) in [6, 6.07) is -0.122. The average molecular weight is 183 g/mol. The summed E-state index contributed by atoms with van der Waals surface area (Å²) < 4.78 is 10.8. The molecule has 0 N–H and O–H groups in total. The zero-order valence-electron chi connectivity index (χ0n) is 7.43. The topological polar surface area (TPSA) is 67.2 Å². The van der Waals surface area contributed by atoms with Gasteiger partial charge in [0, 0.05) is 11.5 Å². The van der Waals surface area contributed by atoms with Crippen LogP contribution in [0.5, 0.6) is 0 Å². The molecule has 5 nitrogen and oxygen atoms in total. The third-order valence-electron chi connectivity index (χ3n) is 2.44. The van der Waals surface area contributed by atoms with Crippen molar-refractivity contribution in [2.45, 2.75) is 25.0 Å². The highest BCUT2D eigenvalue weighted by Crippen LogP contribution is 2.30. The van der Waals surface area contributed by atoms with Gasteiger partial charge in [0.25, 0.3) is 0 Å². The monoisotopic (exact) mass is 183 g/mol. The molecule has 0 aromatic heterocycles. The third-order valence-corrected chi connectivity index (χ3v) is 2.44. The van der Waals surface area contributed by atoms with Crippen molar-refractivity contribution in [3.63, 3.8) is 0 Å². The molecule has 1 aliphatic heterocycles. The fourth-order valence-electron chi connectivity index (χ4n) is 1.40. The van der Waals surface area contributed by atoms with E-state index in [0.717, 1.165) is 12.5 Å². The molecule has 1 saturated carbocycles. The Morgan fingerprint density at radius 2 is 2.31 bits per heavy atom. The Hall–Kier alpha value is -0.770. The van der Waals surface area contributed by atoms with Gasteiger partial charge < -0.3 is 9.47 Å². The molecule has 1 aliphatic carbocycles. The molecule has 0 aromatic rings. The van der Waals surface area contributed by atoms with Gasteiger partial charge in [0.2, 0.25) is 0 Å². The van der Waals surface area contributed by atoms with E-state index in [0.29, 0.717) is 13.2 Å². The summed E-state index contributed by atoms with van der Waals surface area (Å²) in [6.45, 7) is 1.86. The van der Waals surface area contributed by atoms with Gasteiger partial charge in [0.05, 0.1) is 25.4 Å². The van der Waals surface area contributed by atoms with Gasteiger partial charge in [-0.1, -0.05) is 5.11 Å². The first-order chi connectivity index (χ1) is 6.40. The van der Waals surface area contributed by atoms with E-state index in [1.807, 2.05) is 0 Å². The molecular weight excluding hydrogens is 170 g/mol. The molecule has 0 amide bonds. The Morgan fingerprint density at radius 3 is 3.00 bits per heavy atom. The predicted octanol–water partition coefficient (Wildman–Crippen LogP) is 1.49. The fraction of sp³-hybridized carbons (Fsp3) is 1.00. The van der Waals surface area contributed by atoms with Gasteiger partial charge in [0.15, 0.2) is 0 Å². The summed E-state index contributed by atoms with van der Waals surface area (Å²) in [5.74, 6) is 0.743. The van der Waals surface area contributed by atoms with Crippen LogP contribution >= 0.6 is 0 Å². The first-order valence-electron chi connectivity index (χ1n) is 4.63. The Morgan fingerprint density at radius 1 is 1.46 bits per heavy atom. The first kappa shape index (κ1) is 8.81. The lowest BCUT2D eigenvalue weighted by Gasteiger charge is -2.13. The minimum atomic E-state index is -0.122. The van der Waals surface area contributed by atoms with Crippen LogP contribution < -0.4 is 0 Å². The highest BCUT2D eigenvalue weighted by molar-refractivity contribution is 4.83. The Balaban J connectivity index is 1.78. The molecule has 1 unspecified atom stereocenters. The van der Waals surface area contributed by atoms with Gasteiger partial charge in [-0.15, -0.1) is 0 Å². The smallest absolute Gasteiger partial charge is 0.0915 e. The van der Waals surface area contributed by atoms with E-state index in [1.54, 1.807) is 0 Å². The molecule has 72 valence electrons. The van der Waals surface area contributed by atoms with E-state index < -0.39 is 0 Å². The molecule has 1 saturated heterocycles. The molecule has 13 heavy (non-hydrogen) atoms. The Kier molecular flexibility index (Phi) is 2.68. The zero-order valence-corrected chi connectivity index (χ0v) is 7.43. The Labute approximate surface area is 76.6 Å². The highest BCUT2D eigenvalue weighted by Gasteiger charge is 2.30. The van der Waals surface area contributed by atoms with Crippen LogP contribution in [0.15, 0.2) is 5.11 Å². The van der Waals surface area contributed by atoms with E-state index in [9.17, 15) is 0 Å². The van der Waals surface area contributed by atoms with Crippen LogP contribution in [0.3, 0.4) is 0 Å². The molecule has 5 heteroatoms. The van der Waals surface area contributed by atoms with Crippen molar-refractivity contribution in [1.29, 1.82) is 0 Å². The lowest BCUT2D eigenvalue weighted by molar-refractivity contribution is 0.0316.